The summed E-state index contributed by atoms with van der Waals surface area (Å²) in [5, 5.41) is 0. The highest BCUT2D eigenvalue weighted by atomic mass is 19.4. The first-order valence-electron chi connectivity index (χ1n) is 5.99. The summed E-state index contributed by atoms with van der Waals surface area (Å²) in [4.78, 5) is 0. The summed E-state index contributed by atoms with van der Waals surface area (Å²) in [5.41, 5.74) is 5.40. The van der Waals surface area contributed by atoms with Crippen molar-refractivity contribution in [2.75, 3.05) is 0 Å². The zero-order valence-corrected chi connectivity index (χ0v) is 10.1. The number of nitrogens with two attached hydrogens (primary N) is 1. The zero-order valence-electron chi connectivity index (χ0n) is 10.1. The van der Waals surface area contributed by atoms with E-state index in [1.807, 2.05) is 0 Å². The van der Waals surface area contributed by atoms with Gasteiger partial charge in [0.25, 0.3) is 0 Å². The molecule has 0 bridgehead atoms. The molecule has 1 fully saturated rings. The van der Waals surface area contributed by atoms with Gasteiger partial charge in [-0.1, -0.05) is 36.8 Å². The van der Waals surface area contributed by atoms with Gasteiger partial charge in [-0.15, -0.1) is 0 Å². The highest BCUT2D eigenvalue weighted by Gasteiger charge is 2.41. The van der Waals surface area contributed by atoms with Crippen molar-refractivity contribution in [3.05, 3.63) is 47.5 Å². The van der Waals surface area contributed by atoms with Gasteiger partial charge in [-0.3, -0.25) is 0 Å². The molecule has 0 heterocycles. The van der Waals surface area contributed by atoms with Gasteiger partial charge < -0.3 is 5.73 Å². The van der Waals surface area contributed by atoms with Crippen molar-refractivity contribution < 1.29 is 13.2 Å². The second-order valence-corrected chi connectivity index (χ2v) is 4.83. The first kappa shape index (κ1) is 13.1. The third kappa shape index (κ3) is 2.17. The number of rotatable bonds is 1. The van der Waals surface area contributed by atoms with Gasteiger partial charge in [0.2, 0.25) is 0 Å². The summed E-state index contributed by atoms with van der Waals surface area (Å²) in [6.45, 7) is 3.87. The van der Waals surface area contributed by atoms with Crippen LogP contribution in [0, 0.1) is 0 Å². The summed E-state index contributed by atoms with van der Waals surface area (Å²) in [5.74, 6) is 0. The van der Waals surface area contributed by atoms with E-state index in [0.29, 0.717) is 18.4 Å². The minimum atomic E-state index is -4.37. The summed E-state index contributed by atoms with van der Waals surface area (Å²) in [7, 11) is 0. The van der Waals surface area contributed by atoms with Crippen LogP contribution in [0.1, 0.15) is 36.8 Å². The van der Waals surface area contributed by atoms with E-state index >= 15 is 0 Å². The first-order valence-corrected chi connectivity index (χ1v) is 5.99. The van der Waals surface area contributed by atoms with Gasteiger partial charge in [0, 0.05) is 0 Å². The average Bonchev–Trinajstić information content (AvgIpc) is 2.32. The molecule has 1 nitrogen and oxygen atoms in total. The molecule has 4 heteroatoms. The van der Waals surface area contributed by atoms with Gasteiger partial charge in [-0.25, -0.2) is 0 Å². The third-order valence-electron chi connectivity index (χ3n) is 3.64. The highest BCUT2D eigenvalue weighted by molar-refractivity contribution is 5.42. The Morgan fingerprint density at radius 2 is 1.83 bits per heavy atom. The minimum absolute atomic E-state index is 0.155. The predicted octanol–water partition coefficient (Wildman–Crippen LogP) is 3.99. The molecule has 1 aromatic rings. The zero-order chi connectivity index (χ0) is 13.4. The predicted molar refractivity (Wildman–Crippen MR) is 64.9 cm³/mol. The average molecular weight is 255 g/mol. The van der Waals surface area contributed by atoms with E-state index in [0.717, 1.165) is 18.9 Å². The Hall–Kier alpha value is -1.29. The van der Waals surface area contributed by atoms with E-state index < -0.39 is 17.3 Å². The second-order valence-electron chi connectivity index (χ2n) is 4.83. The Balaban J connectivity index is 2.53. The SMILES string of the molecule is C=C1CCCCC1(N)c1ccccc1C(F)(F)F. The van der Waals surface area contributed by atoms with Crippen molar-refractivity contribution in [3.8, 4) is 0 Å². The van der Waals surface area contributed by atoms with Gasteiger partial charge in [-0.2, -0.15) is 13.2 Å². The molecular weight excluding hydrogens is 239 g/mol. The van der Waals surface area contributed by atoms with Crippen LogP contribution in [-0.4, -0.2) is 0 Å². The second kappa shape index (κ2) is 4.43. The standard InChI is InChI=1S/C14H16F3N/c1-10-6-4-5-9-13(10,18)11-7-2-3-8-12(11)14(15,16)17/h2-3,7-8H,1,4-6,9,18H2. The molecule has 1 aromatic carbocycles. The molecule has 18 heavy (non-hydrogen) atoms. The molecule has 1 aliphatic carbocycles. The van der Waals surface area contributed by atoms with E-state index in [9.17, 15) is 13.2 Å². The van der Waals surface area contributed by atoms with Crippen LogP contribution in [0.25, 0.3) is 0 Å². The Labute approximate surface area is 104 Å². The topological polar surface area (TPSA) is 26.0 Å². The Bertz CT molecular complexity index is 464. The van der Waals surface area contributed by atoms with Gasteiger partial charge in [0.1, 0.15) is 0 Å². The van der Waals surface area contributed by atoms with E-state index in [-0.39, 0.29) is 5.56 Å². The van der Waals surface area contributed by atoms with E-state index in [1.54, 1.807) is 6.07 Å². The summed E-state index contributed by atoms with van der Waals surface area (Å²) in [6, 6.07) is 5.55. The van der Waals surface area contributed by atoms with Crippen LogP contribution in [0.4, 0.5) is 13.2 Å². The molecule has 0 saturated heterocycles. The van der Waals surface area contributed by atoms with Gasteiger partial charge in [0.05, 0.1) is 11.1 Å². The number of benzene rings is 1. The molecular formula is C14H16F3N. The molecule has 1 unspecified atom stereocenters. The lowest BCUT2D eigenvalue weighted by atomic mass is 9.73. The van der Waals surface area contributed by atoms with Crippen molar-refractivity contribution in [2.45, 2.75) is 37.4 Å². The maximum atomic E-state index is 13.0. The number of alkyl halides is 3. The van der Waals surface area contributed by atoms with Crippen LogP contribution >= 0.6 is 0 Å². The fraction of sp³-hybridized carbons (Fsp3) is 0.429. The molecule has 0 radical (unpaired) electrons. The highest BCUT2D eigenvalue weighted by Crippen LogP contribution is 2.43. The van der Waals surface area contributed by atoms with Crippen molar-refractivity contribution in [2.24, 2.45) is 5.73 Å². The molecule has 0 amide bonds. The Kier molecular flexibility index (Phi) is 3.23. The van der Waals surface area contributed by atoms with E-state index in [1.165, 1.54) is 12.1 Å². The van der Waals surface area contributed by atoms with E-state index in [2.05, 4.69) is 6.58 Å². The van der Waals surface area contributed by atoms with Gasteiger partial charge in [0.15, 0.2) is 0 Å². The molecule has 98 valence electrons. The summed E-state index contributed by atoms with van der Waals surface area (Å²) < 4.78 is 39.0. The maximum absolute atomic E-state index is 13.0. The van der Waals surface area contributed by atoms with Crippen LogP contribution in [0.3, 0.4) is 0 Å². The van der Waals surface area contributed by atoms with Crippen molar-refractivity contribution >= 4 is 0 Å². The smallest absolute Gasteiger partial charge is 0.318 e. The molecule has 1 aliphatic rings. The fourth-order valence-corrected chi connectivity index (χ4v) is 2.59. The molecule has 2 N–H and O–H groups in total. The Morgan fingerprint density at radius 3 is 2.44 bits per heavy atom. The molecule has 1 atom stereocenters. The normalized spacial score (nSPS) is 25.2. The van der Waals surface area contributed by atoms with Gasteiger partial charge in [-0.05, 0) is 30.9 Å². The van der Waals surface area contributed by atoms with E-state index in [4.69, 9.17) is 5.73 Å². The van der Waals surface area contributed by atoms with Crippen LogP contribution in [0.15, 0.2) is 36.4 Å². The van der Waals surface area contributed by atoms with Crippen LogP contribution in [-0.2, 0) is 11.7 Å². The lowest BCUT2D eigenvalue weighted by molar-refractivity contribution is -0.138. The van der Waals surface area contributed by atoms with Crippen molar-refractivity contribution in [3.63, 3.8) is 0 Å². The molecule has 1 saturated carbocycles. The van der Waals surface area contributed by atoms with Crippen LogP contribution in [0.5, 0.6) is 0 Å². The lowest BCUT2D eigenvalue weighted by Gasteiger charge is -2.37. The number of halogens is 3. The maximum Gasteiger partial charge on any atom is 0.416 e. The third-order valence-corrected chi connectivity index (χ3v) is 3.64. The Morgan fingerprint density at radius 1 is 1.17 bits per heavy atom. The molecule has 0 spiro atoms. The largest absolute Gasteiger partial charge is 0.416 e. The minimum Gasteiger partial charge on any atom is -0.318 e. The number of hydrogen-bond acceptors (Lipinski definition) is 1. The molecule has 2 rings (SSSR count). The first-order chi connectivity index (χ1) is 8.36. The van der Waals surface area contributed by atoms with Crippen molar-refractivity contribution in [1.29, 1.82) is 0 Å². The quantitative estimate of drug-likeness (QED) is 0.754. The van der Waals surface area contributed by atoms with Crippen LogP contribution in [0.2, 0.25) is 0 Å². The molecule has 0 aliphatic heterocycles. The summed E-state index contributed by atoms with van der Waals surface area (Å²) >= 11 is 0. The van der Waals surface area contributed by atoms with Crippen LogP contribution < -0.4 is 5.73 Å². The lowest BCUT2D eigenvalue weighted by Crippen LogP contribution is -2.42. The number of hydrogen-bond donors (Lipinski definition) is 1. The van der Waals surface area contributed by atoms with Crippen molar-refractivity contribution in [1.82, 2.24) is 0 Å². The fourth-order valence-electron chi connectivity index (χ4n) is 2.59. The summed E-state index contributed by atoms with van der Waals surface area (Å²) in [6.07, 6.45) is -1.37. The molecule has 0 aromatic heterocycles. The van der Waals surface area contributed by atoms with Gasteiger partial charge >= 0.3 is 6.18 Å². The monoisotopic (exact) mass is 255 g/mol.